The van der Waals surface area contributed by atoms with E-state index in [-0.39, 0.29) is 5.91 Å². The number of carbonyl (C=O) groups excluding carboxylic acids is 1. The Kier molecular flexibility index (Phi) is 5.89. The van der Waals surface area contributed by atoms with E-state index in [9.17, 15) is 4.79 Å². The summed E-state index contributed by atoms with van der Waals surface area (Å²) >= 11 is 3.09. The smallest absolute Gasteiger partial charge is 0.258 e. The van der Waals surface area contributed by atoms with E-state index in [2.05, 4.69) is 65.8 Å². The standard InChI is InChI=1S/C30H21N3OS2/c1-19-11-16-28(36-19)26-17-24(23-9-5-6-10-25(23)31-26)29(34)33-30-32-27(18-35-30)22-14-12-21(13-15-22)20-7-3-2-4-8-20/h2-18H,1H3,(H,32,33,34). The fourth-order valence-electron chi connectivity index (χ4n) is 4.15. The summed E-state index contributed by atoms with van der Waals surface area (Å²) in [5.41, 5.74) is 6.37. The van der Waals surface area contributed by atoms with Crippen LogP contribution in [0.2, 0.25) is 0 Å². The minimum atomic E-state index is -0.191. The minimum absolute atomic E-state index is 0.191. The second-order valence-corrected chi connectivity index (χ2v) is 10.6. The van der Waals surface area contributed by atoms with Crippen LogP contribution in [0.15, 0.2) is 102 Å². The Morgan fingerprint density at radius 2 is 1.47 bits per heavy atom. The third kappa shape index (κ3) is 4.44. The predicted octanol–water partition coefficient (Wildman–Crippen LogP) is 8.31. The number of amides is 1. The van der Waals surface area contributed by atoms with E-state index in [1.165, 1.54) is 21.8 Å². The van der Waals surface area contributed by atoms with Crippen LogP contribution in [0.5, 0.6) is 0 Å². The zero-order chi connectivity index (χ0) is 24.5. The van der Waals surface area contributed by atoms with E-state index in [4.69, 9.17) is 4.98 Å². The molecule has 0 fully saturated rings. The monoisotopic (exact) mass is 503 g/mol. The molecule has 3 heterocycles. The molecule has 1 N–H and O–H groups in total. The molecule has 0 aliphatic rings. The molecule has 0 aliphatic carbocycles. The number of hydrogen-bond donors (Lipinski definition) is 1. The molecule has 0 spiro atoms. The normalized spacial score (nSPS) is 11.0. The highest BCUT2D eigenvalue weighted by Crippen LogP contribution is 2.31. The van der Waals surface area contributed by atoms with E-state index in [1.807, 2.05) is 53.9 Å². The summed E-state index contributed by atoms with van der Waals surface area (Å²) < 4.78 is 0. The fraction of sp³-hybridized carbons (Fsp3) is 0.0333. The molecular weight excluding hydrogens is 482 g/mol. The van der Waals surface area contributed by atoms with Crippen LogP contribution in [-0.2, 0) is 0 Å². The number of fused-ring (bicyclic) bond motifs is 1. The number of rotatable bonds is 5. The molecule has 1 amide bonds. The first-order valence-electron chi connectivity index (χ1n) is 11.5. The number of anilines is 1. The van der Waals surface area contributed by atoms with Crippen LogP contribution in [0.3, 0.4) is 0 Å². The van der Waals surface area contributed by atoms with Crippen LogP contribution >= 0.6 is 22.7 Å². The lowest BCUT2D eigenvalue weighted by molar-refractivity contribution is 0.102. The molecule has 3 aromatic carbocycles. The highest BCUT2D eigenvalue weighted by molar-refractivity contribution is 7.15. The van der Waals surface area contributed by atoms with E-state index in [0.29, 0.717) is 10.7 Å². The van der Waals surface area contributed by atoms with E-state index < -0.39 is 0 Å². The van der Waals surface area contributed by atoms with Gasteiger partial charge in [-0.3, -0.25) is 10.1 Å². The number of aromatic nitrogens is 2. The van der Waals surface area contributed by atoms with Crippen molar-refractivity contribution < 1.29 is 4.79 Å². The molecule has 3 aromatic heterocycles. The number of carbonyl (C=O) groups is 1. The van der Waals surface area contributed by atoms with Gasteiger partial charge in [0, 0.05) is 21.2 Å². The van der Waals surface area contributed by atoms with Gasteiger partial charge >= 0.3 is 0 Å². The second kappa shape index (κ2) is 9.49. The summed E-state index contributed by atoms with van der Waals surface area (Å²) in [4.78, 5) is 25.1. The van der Waals surface area contributed by atoms with Gasteiger partial charge in [-0.2, -0.15) is 0 Å². The first-order chi connectivity index (χ1) is 17.6. The van der Waals surface area contributed by atoms with Crippen molar-refractivity contribution in [1.82, 2.24) is 9.97 Å². The van der Waals surface area contributed by atoms with Crippen molar-refractivity contribution in [3.63, 3.8) is 0 Å². The number of para-hydroxylation sites is 1. The Hall–Kier alpha value is -4.13. The Morgan fingerprint density at radius 1 is 0.750 bits per heavy atom. The molecule has 0 bridgehead atoms. The summed E-state index contributed by atoms with van der Waals surface area (Å²) in [7, 11) is 0. The molecule has 0 saturated carbocycles. The van der Waals surface area contributed by atoms with Crippen LogP contribution in [-0.4, -0.2) is 15.9 Å². The van der Waals surface area contributed by atoms with Gasteiger partial charge in [-0.1, -0.05) is 72.8 Å². The van der Waals surface area contributed by atoms with Crippen LogP contribution in [0.1, 0.15) is 15.2 Å². The van der Waals surface area contributed by atoms with Gasteiger partial charge in [-0.05, 0) is 42.3 Å². The molecule has 6 rings (SSSR count). The van der Waals surface area contributed by atoms with Crippen LogP contribution in [0, 0.1) is 6.92 Å². The molecule has 0 atom stereocenters. The Morgan fingerprint density at radius 3 is 2.25 bits per heavy atom. The number of nitrogens with zero attached hydrogens (tertiary/aromatic N) is 2. The predicted molar refractivity (Wildman–Crippen MR) is 151 cm³/mol. The molecular formula is C30H21N3OS2. The van der Waals surface area contributed by atoms with Crippen molar-refractivity contribution in [1.29, 1.82) is 0 Å². The van der Waals surface area contributed by atoms with Crippen molar-refractivity contribution in [2.75, 3.05) is 5.32 Å². The first-order valence-corrected chi connectivity index (χ1v) is 13.2. The van der Waals surface area contributed by atoms with E-state index in [0.717, 1.165) is 38.3 Å². The highest BCUT2D eigenvalue weighted by atomic mass is 32.1. The van der Waals surface area contributed by atoms with Gasteiger partial charge in [0.25, 0.3) is 5.91 Å². The number of hydrogen-bond acceptors (Lipinski definition) is 5. The average molecular weight is 504 g/mol. The number of benzene rings is 3. The summed E-state index contributed by atoms with van der Waals surface area (Å²) in [6.45, 7) is 2.07. The molecule has 0 saturated heterocycles. The number of aryl methyl sites for hydroxylation is 1. The van der Waals surface area contributed by atoms with Gasteiger partial charge in [-0.25, -0.2) is 9.97 Å². The molecule has 36 heavy (non-hydrogen) atoms. The molecule has 174 valence electrons. The van der Waals surface area contributed by atoms with Crippen molar-refractivity contribution in [3.05, 3.63) is 113 Å². The topological polar surface area (TPSA) is 54.9 Å². The summed E-state index contributed by atoms with van der Waals surface area (Å²) in [6, 6.07) is 32.3. The molecule has 0 aliphatic heterocycles. The molecule has 0 unspecified atom stereocenters. The third-order valence-electron chi connectivity index (χ3n) is 5.97. The number of nitrogens with one attached hydrogen (secondary N) is 1. The van der Waals surface area contributed by atoms with Gasteiger partial charge in [0.1, 0.15) is 0 Å². The average Bonchev–Trinajstić information content (AvgIpc) is 3.58. The quantitative estimate of drug-likeness (QED) is 0.257. The van der Waals surface area contributed by atoms with Crippen LogP contribution in [0.4, 0.5) is 5.13 Å². The van der Waals surface area contributed by atoms with E-state index >= 15 is 0 Å². The lowest BCUT2D eigenvalue weighted by Gasteiger charge is -2.08. The molecule has 4 nitrogen and oxygen atoms in total. The Labute approximate surface area is 217 Å². The van der Waals surface area contributed by atoms with Gasteiger partial charge in [0.15, 0.2) is 5.13 Å². The molecule has 0 radical (unpaired) electrons. The zero-order valence-electron chi connectivity index (χ0n) is 19.4. The summed E-state index contributed by atoms with van der Waals surface area (Å²) in [5.74, 6) is -0.191. The zero-order valence-corrected chi connectivity index (χ0v) is 21.1. The first kappa shape index (κ1) is 22.3. The SMILES string of the molecule is Cc1ccc(-c2cc(C(=O)Nc3nc(-c4ccc(-c5ccccc5)cc4)cs3)c3ccccc3n2)s1. The lowest BCUT2D eigenvalue weighted by Crippen LogP contribution is -2.13. The molecule has 6 heteroatoms. The molecule has 6 aromatic rings. The van der Waals surface area contributed by atoms with Gasteiger partial charge in [-0.15, -0.1) is 22.7 Å². The maximum Gasteiger partial charge on any atom is 0.258 e. The van der Waals surface area contributed by atoms with E-state index in [1.54, 1.807) is 11.3 Å². The van der Waals surface area contributed by atoms with Crippen LogP contribution < -0.4 is 5.32 Å². The third-order valence-corrected chi connectivity index (χ3v) is 7.75. The lowest BCUT2D eigenvalue weighted by atomic mass is 10.0. The van der Waals surface area contributed by atoms with Gasteiger partial charge < -0.3 is 0 Å². The fourth-order valence-corrected chi connectivity index (χ4v) is 5.70. The number of thiazole rings is 1. The number of pyridine rings is 1. The highest BCUT2D eigenvalue weighted by Gasteiger charge is 2.16. The van der Waals surface area contributed by atoms with Crippen molar-refractivity contribution >= 4 is 44.6 Å². The van der Waals surface area contributed by atoms with Crippen molar-refractivity contribution in [2.45, 2.75) is 6.92 Å². The van der Waals surface area contributed by atoms with Gasteiger partial charge in [0.2, 0.25) is 0 Å². The summed E-state index contributed by atoms with van der Waals surface area (Å²) in [5, 5.41) is 6.36. The largest absolute Gasteiger partial charge is 0.298 e. The van der Waals surface area contributed by atoms with Gasteiger partial charge in [0.05, 0.1) is 27.3 Å². The summed E-state index contributed by atoms with van der Waals surface area (Å²) in [6.07, 6.45) is 0. The maximum absolute atomic E-state index is 13.4. The van der Waals surface area contributed by atoms with Crippen molar-refractivity contribution in [2.24, 2.45) is 0 Å². The Balaban J connectivity index is 1.27. The number of thiophene rings is 1. The van der Waals surface area contributed by atoms with Crippen molar-refractivity contribution in [3.8, 4) is 33.0 Å². The second-order valence-electron chi connectivity index (χ2n) is 8.42. The minimum Gasteiger partial charge on any atom is -0.298 e. The van der Waals surface area contributed by atoms with Crippen LogP contribution in [0.25, 0.3) is 43.9 Å². The maximum atomic E-state index is 13.4. The Bertz CT molecular complexity index is 1690.